The third-order valence-electron chi connectivity index (χ3n) is 5.57. The fourth-order valence-corrected chi connectivity index (χ4v) is 3.62. The number of hydrogen-bond donors (Lipinski definition) is 1. The van der Waals surface area contributed by atoms with Crippen LogP contribution in [-0.4, -0.2) is 46.5 Å². The first kappa shape index (κ1) is 30.3. The molecule has 1 unspecified atom stereocenters. The Morgan fingerprint density at radius 1 is 1.02 bits per heavy atom. The first-order valence-electron chi connectivity index (χ1n) is 12.9. The molecule has 1 heterocycles. The van der Waals surface area contributed by atoms with Crippen LogP contribution in [0.25, 0.3) is 11.1 Å². The van der Waals surface area contributed by atoms with E-state index >= 15 is 0 Å². The van der Waals surface area contributed by atoms with Gasteiger partial charge < -0.3 is 14.0 Å². The lowest BCUT2D eigenvalue weighted by molar-refractivity contribution is 0.0390. The zero-order valence-corrected chi connectivity index (χ0v) is 24.2. The normalized spacial score (nSPS) is 13.0. The fraction of sp³-hybridized carbons (Fsp3) is 0.400. The van der Waals surface area contributed by atoms with E-state index in [1.54, 1.807) is 53.7 Å². The summed E-state index contributed by atoms with van der Waals surface area (Å²) in [6, 6.07) is 16.1. The number of guanidine groups is 1. The van der Waals surface area contributed by atoms with Gasteiger partial charge in [0.2, 0.25) is 5.96 Å². The molecule has 214 valence electrons. The molecule has 1 aromatic heterocycles. The fourth-order valence-electron chi connectivity index (χ4n) is 3.62. The van der Waals surface area contributed by atoms with Crippen LogP contribution in [0.15, 0.2) is 64.1 Å². The molecular formula is C30H37FN4O5. The molecule has 0 fully saturated rings. The van der Waals surface area contributed by atoms with Crippen LogP contribution in [0.1, 0.15) is 71.4 Å². The Kier molecular flexibility index (Phi) is 9.34. The number of aliphatic imine (C=N–C) groups is 1. The smallest absolute Gasteiger partial charge is 0.416 e. The quantitative estimate of drug-likeness (QED) is 0.273. The molecule has 3 rings (SSSR count). The van der Waals surface area contributed by atoms with Crippen molar-refractivity contribution in [3.05, 3.63) is 77.4 Å². The van der Waals surface area contributed by atoms with Gasteiger partial charge in [0, 0.05) is 24.6 Å². The Bertz CT molecular complexity index is 1360. The second kappa shape index (κ2) is 12.3. The largest absolute Gasteiger partial charge is 0.444 e. The van der Waals surface area contributed by atoms with Gasteiger partial charge in [-0.15, -0.1) is 0 Å². The van der Waals surface area contributed by atoms with Gasteiger partial charge in [0.15, 0.2) is 0 Å². The van der Waals surface area contributed by atoms with E-state index in [9.17, 15) is 14.0 Å². The van der Waals surface area contributed by atoms with Gasteiger partial charge in [0.05, 0.1) is 6.54 Å². The van der Waals surface area contributed by atoms with E-state index in [0.29, 0.717) is 17.0 Å². The molecule has 2 aromatic carbocycles. The van der Waals surface area contributed by atoms with Crippen LogP contribution in [-0.2, 0) is 16.0 Å². The highest BCUT2D eigenvalue weighted by atomic mass is 19.1. The van der Waals surface area contributed by atoms with E-state index < -0.39 is 23.4 Å². The number of rotatable bonds is 5. The molecule has 0 aliphatic heterocycles. The van der Waals surface area contributed by atoms with Crippen LogP contribution < -0.4 is 5.32 Å². The average molecular weight is 553 g/mol. The molecule has 9 nitrogen and oxygen atoms in total. The number of halogens is 1. The summed E-state index contributed by atoms with van der Waals surface area (Å²) >= 11 is 0. The first-order valence-corrected chi connectivity index (χ1v) is 12.9. The number of carbonyl (C=O) groups excluding carboxylic acids is 2. The lowest BCUT2D eigenvalue weighted by Crippen LogP contribution is -2.48. The number of benzene rings is 2. The van der Waals surface area contributed by atoms with E-state index in [1.165, 1.54) is 13.1 Å². The summed E-state index contributed by atoms with van der Waals surface area (Å²) in [5, 5.41) is 6.57. The molecule has 0 bridgehead atoms. The number of carbonyl (C=O) groups is 2. The van der Waals surface area contributed by atoms with E-state index in [0.717, 1.165) is 16.0 Å². The maximum absolute atomic E-state index is 14.9. The molecular weight excluding hydrogens is 515 g/mol. The maximum atomic E-state index is 14.9. The zero-order valence-electron chi connectivity index (χ0n) is 24.2. The minimum atomic E-state index is -0.780. The summed E-state index contributed by atoms with van der Waals surface area (Å²) in [7, 11) is 1.42. The molecule has 0 spiro atoms. The lowest BCUT2D eigenvalue weighted by Gasteiger charge is -2.26. The minimum Gasteiger partial charge on any atom is -0.444 e. The highest BCUT2D eigenvalue weighted by molar-refractivity contribution is 6.01. The number of ether oxygens (including phenoxy) is 2. The van der Waals surface area contributed by atoms with Crippen LogP contribution in [0.2, 0.25) is 0 Å². The Labute approximate surface area is 234 Å². The molecule has 0 radical (unpaired) electrons. The molecule has 2 amide bonds. The zero-order chi connectivity index (χ0) is 29.7. The van der Waals surface area contributed by atoms with Gasteiger partial charge in [-0.25, -0.2) is 19.0 Å². The van der Waals surface area contributed by atoms with E-state index in [1.807, 2.05) is 43.3 Å². The number of amides is 2. The summed E-state index contributed by atoms with van der Waals surface area (Å²) in [6.45, 7) is 12.2. The minimum absolute atomic E-state index is 0.0181. The van der Waals surface area contributed by atoms with Gasteiger partial charge in [-0.3, -0.25) is 10.2 Å². The van der Waals surface area contributed by atoms with Crippen LogP contribution >= 0.6 is 0 Å². The third kappa shape index (κ3) is 8.65. The first-order chi connectivity index (χ1) is 18.6. The van der Waals surface area contributed by atoms with Gasteiger partial charge in [-0.05, 0) is 58.7 Å². The second-order valence-corrected chi connectivity index (χ2v) is 11.4. The van der Waals surface area contributed by atoms with Crippen molar-refractivity contribution < 1.29 is 28.0 Å². The van der Waals surface area contributed by atoms with Gasteiger partial charge in [0.1, 0.15) is 28.5 Å². The van der Waals surface area contributed by atoms with Crippen molar-refractivity contribution in [3.8, 4) is 11.1 Å². The Hall–Kier alpha value is -4.21. The Morgan fingerprint density at radius 3 is 2.27 bits per heavy atom. The topological polar surface area (TPSA) is 106 Å². The molecule has 1 atom stereocenters. The van der Waals surface area contributed by atoms with Crippen molar-refractivity contribution in [1.29, 1.82) is 0 Å². The highest BCUT2D eigenvalue weighted by Crippen LogP contribution is 2.30. The third-order valence-corrected chi connectivity index (χ3v) is 5.57. The number of aromatic nitrogens is 1. The monoisotopic (exact) mass is 552 g/mol. The van der Waals surface area contributed by atoms with E-state index in [-0.39, 0.29) is 24.2 Å². The maximum Gasteiger partial charge on any atom is 0.416 e. The molecule has 0 aliphatic carbocycles. The molecule has 1 N–H and O–H groups in total. The van der Waals surface area contributed by atoms with Crippen molar-refractivity contribution in [3.63, 3.8) is 0 Å². The van der Waals surface area contributed by atoms with Crippen LogP contribution in [0, 0.1) is 5.82 Å². The standard InChI is InChI=1S/C30H37FN4O5/c1-19(21-14-15-23(24(31)16-21)20-12-10-9-11-13-20)25-17-22(34-40-25)18-32-26(33-27(36)38-29(2,3)4)35(8)28(37)39-30(5,6)7/h9-17,19H,18H2,1-8H3,(H,32,33,36). The molecule has 0 aliphatic rings. The number of alkyl carbamates (subject to hydrolysis) is 1. The molecule has 40 heavy (non-hydrogen) atoms. The van der Waals surface area contributed by atoms with Gasteiger partial charge in [0.25, 0.3) is 0 Å². The lowest BCUT2D eigenvalue weighted by atomic mass is 9.95. The summed E-state index contributed by atoms with van der Waals surface area (Å²) in [5.41, 5.74) is 0.979. The van der Waals surface area contributed by atoms with E-state index in [4.69, 9.17) is 14.0 Å². The predicted molar refractivity (Wildman–Crippen MR) is 150 cm³/mol. The number of nitrogens with one attached hydrogen (secondary N) is 1. The van der Waals surface area contributed by atoms with Crippen molar-refractivity contribution in [2.75, 3.05) is 7.05 Å². The summed E-state index contributed by atoms with van der Waals surface area (Å²) in [6.07, 6.45) is -1.49. The van der Waals surface area contributed by atoms with Crippen molar-refractivity contribution in [2.24, 2.45) is 4.99 Å². The SMILES string of the molecule is CC(c1ccc(-c2ccccc2)c(F)c1)c1cc(C/N=C(/NC(=O)OC(C)(C)C)N(C)C(=O)OC(C)(C)C)no1. The van der Waals surface area contributed by atoms with Crippen molar-refractivity contribution in [2.45, 2.75) is 72.1 Å². The van der Waals surface area contributed by atoms with Crippen LogP contribution in [0.5, 0.6) is 0 Å². The molecule has 0 saturated heterocycles. The Morgan fingerprint density at radius 2 is 1.68 bits per heavy atom. The average Bonchev–Trinajstić information content (AvgIpc) is 3.33. The summed E-state index contributed by atoms with van der Waals surface area (Å²) < 4.78 is 31.2. The van der Waals surface area contributed by atoms with E-state index in [2.05, 4.69) is 15.5 Å². The van der Waals surface area contributed by atoms with Crippen molar-refractivity contribution in [1.82, 2.24) is 15.4 Å². The van der Waals surface area contributed by atoms with Crippen LogP contribution in [0.4, 0.5) is 14.0 Å². The molecule has 0 saturated carbocycles. The Balaban J connectivity index is 1.78. The van der Waals surface area contributed by atoms with Gasteiger partial charge >= 0.3 is 12.2 Å². The van der Waals surface area contributed by atoms with Gasteiger partial charge in [-0.1, -0.05) is 54.5 Å². The summed E-state index contributed by atoms with van der Waals surface area (Å²) in [5.74, 6) is -0.185. The van der Waals surface area contributed by atoms with Gasteiger partial charge in [-0.2, -0.15) is 0 Å². The number of nitrogens with zero attached hydrogens (tertiary/aromatic N) is 3. The molecule has 3 aromatic rings. The second-order valence-electron chi connectivity index (χ2n) is 11.4. The molecule has 10 heteroatoms. The highest BCUT2D eigenvalue weighted by Gasteiger charge is 2.26. The van der Waals surface area contributed by atoms with Crippen molar-refractivity contribution >= 4 is 18.1 Å². The summed E-state index contributed by atoms with van der Waals surface area (Å²) in [4.78, 5) is 30.5. The predicted octanol–water partition coefficient (Wildman–Crippen LogP) is 6.88. The van der Waals surface area contributed by atoms with Crippen LogP contribution in [0.3, 0.4) is 0 Å². The number of hydrogen-bond acceptors (Lipinski definition) is 7.